The number of halogens is 2. The highest BCUT2D eigenvalue weighted by Gasteiger charge is 2.38. The molecule has 4 amide bonds. The minimum atomic E-state index is -1.22. The summed E-state index contributed by atoms with van der Waals surface area (Å²) in [7, 11) is 1.27. The van der Waals surface area contributed by atoms with E-state index in [0.29, 0.717) is 30.4 Å². The number of carbonyl (C=O) groups excluding carboxylic acids is 3. The highest BCUT2D eigenvalue weighted by molar-refractivity contribution is 5.99. The number of nitrogens with zero attached hydrogens (tertiary/aromatic N) is 4. The Morgan fingerprint density at radius 2 is 1.35 bits per heavy atom. The van der Waals surface area contributed by atoms with E-state index in [-0.39, 0.29) is 60.5 Å². The van der Waals surface area contributed by atoms with Gasteiger partial charge in [0.1, 0.15) is 29.4 Å². The van der Waals surface area contributed by atoms with Gasteiger partial charge in [0.25, 0.3) is 0 Å². The molecular formula is C41H48Cl2N8O6. The van der Waals surface area contributed by atoms with Gasteiger partial charge < -0.3 is 40.2 Å². The van der Waals surface area contributed by atoms with Crippen molar-refractivity contribution < 1.29 is 29.0 Å². The van der Waals surface area contributed by atoms with Crippen LogP contribution in [0.4, 0.5) is 9.59 Å². The van der Waals surface area contributed by atoms with Crippen molar-refractivity contribution in [1.82, 2.24) is 40.4 Å². The van der Waals surface area contributed by atoms with E-state index in [2.05, 4.69) is 54.3 Å². The van der Waals surface area contributed by atoms with E-state index in [1.165, 1.54) is 7.11 Å². The van der Waals surface area contributed by atoms with Crippen LogP contribution in [0.1, 0.15) is 88.4 Å². The van der Waals surface area contributed by atoms with E-state index in [4.69, 9.17) is 4.74 Å². The lowest BCUT2D eigenvalue weighted by Gasteiger charge is -2.29. The lowest BCUT2D eigenvalue weighted by molar-refractivity contribution is -0.136. The van der Waals surface area contributed by atoms with Crippen LogP contribution in [-0.4, -0.2) is 91.1 Å². The lowest BCUT2D eigenvalue weighted by Crippen LogP contribution is -2.51. The van der Waals surface area contributed by atoms with Crippen LogP contribution in [0.3, 0.4) is 0 Å². The second-order valence-corrected chi connectivity index (χ2v) is 14.5. The van der Waals surface area contributed by atoms with Crippen molar-refractivity contribution in [2.24, 2.45) is 11.8 Å². The number of methoxy groups -OCH3 is 1. The topological polar surface area (TPSA) is 186 Å². The molecule has 6 rings (SSSR count). The molecule has 2 aliphatic heterocycles. The first-order valence-corrected chi connectivity index (χ1v) is 18.6. The van der Waals surface area contributed by atoms with Gasteiger partial charge in [-0.2, -0.15) is 0 Å². The molecule has 4 aromatic rings. The number of fused-ring (bicyclic) bond motifs is 1. The summed E-state index contributed by atoms with van der Waals surface area (Å²) >= 11 is 0. The second-order valence-electron chi connectivity index (χ2n) is 14.5. The fourth-order valence-electron chi connectivity index (χ4n) is 7.39. The number of aromatic amines is 2. The van der Waals surface area contributed by atoms with Gasteiger partial charge in [-0.25, -0.2) is 19.6 Å². The fraction of sp³-hybridized carbons (Fsp3) is 0.415. The molecule has 3 unspecified atom stereocenters. The predicted molar refractivity (Wildman–Crippen MR) is 220 cm³/mol. The first kappa shape index (κ1) is 44.0. The SMILES string of the molecule is COC(=O)NC(C(=O)N1CCCC1c1ncc(C#CC#Cc2ccc(-c3cnc(C4CCCN4C(=O)[C@@H](NC(=O)O)C(C)C)[nH]3)c3ccccc23)[nH]1)C(C)C.Cl.Cl. The zero-order valence-corrected chi connectivity index (χ0v) is 34.1. The van der Waals surface area contributed by atoms with Crippen molar-refractivity contribution in [2.75, 3.05) is 20.2 Å². The Hall–Kier alpha value is -5.70. The Bertz CT molecular complexity index is 2210. The van der Waals surface area contributed by atoms with Gasteiger partial charge in [-0.05, 0) is 72.1 Å². The molecule has 0 radical (unpaired) electrons. The summed E-state index contributed by atoms with van der Waals surface area (Å²) in [5, 5.41) is 16.3. The van der Waals surface area contributed by atoms with Gasteiger partial charge in [-0.1, -0.05) is 63.9 Å². The largest absolute Gasteiger partial charge is 0.465 e. The number of H-pyrrole nitrogens is 2. The number of alkyl carbamates (subject to hydrolysis) is 1. The number of aromatic nitrogens is 4. The van der Waals surface area contributed by atoms with Gasteiger partial charge in [0.15, 0.2) is 0 Å². The Morgan fingerprint density at radius 3 is 1.95 bits per heavy atom. The van der Waals surface area contributed by atoms with Crippen LogP contribution in [0.2, 0.25) is 0 Å². The monoisotopic (exact) mass is 818 g/mol. The summed E-state index contributed by atoms with van der Waals surface area (Å²) in [6.45, 7) is 8.49. The molecule has 0 spiro atoms. The van der Waals surface area contributed by atoms with Gasteiger partial charge >= 0.3 is 12.2 Å². The molecule has 14 nitrogen and oxygen atoms in total. The molecule has 2 aromatic carbocycles. The maximum atomic E-state index is 13.5. The summed E-state index contributed by atoms with van der Waals surface area (Å²) in [5.41, 5.74) is 3.11. The van der Waals surface area contributed by atoms with E-state index < -0.39 is 24.3 Å². The van der Waals surface area contributed by atoms with Crippen LogP contribution >= 0.6 is 24.8 Å². The smallest absolute Gasteiger partial charge is 0.407 e. The number of hydrogen-bond acceptors (Lipinski definition) is 7. The maximum absolute atomic E-state index is 13.5. The molecule has 0 saturated carbocycles. The van der Waals surface area contributed by atoms with Crippen molar-refractivity contribution in [2.45, 2.75) is 77.5 Å². The third-order valence-electron chi connectivity index (χ3n) is 10.2. The van der Waals surface area contributed by atoms with Crippen molar-refractivity contribution in [1.29, 1.82) is 0 Å². The van der Waals surface area contributed by atoms with Crippen LogP contribution in [0, 0.1) is 35.5 Å². The Labute approximate surface area is 344 Å². The number of nitrogens with one attached hydrogen (secondary N) is 4. The molecule has 5 N–H and O–H groups in total. The minimum Gasteiger partial charge on any atom is -0.465 e. The molecule has 2 fully saturated rings. The second kappa shape index (κ2) is 19.4. The van der Waals surface area contributed by atoms with Crippen molar-refractivity contribution in [3.8, 4) is 34.9 Å². The number of amides is 4. The Balaban J connectivity index is 0.00000360. The summed E-state index contributed by atoms with van der Waals surface area (Å²) in [5.74, 6) is 12.7. The van der Waals surface area contributed by atoms with Gasteiger partial charge in [0.2, 0.25) is 11.8 Å². The molecule has 4 atom stereocenters. The molecule has 2 aliphatic rings. The number of benzene rings is 2. The number of imidazole rings is 2. The zero-order valence-electron chi connectivity index (χ0n) is 32.4. The Morgan fingerprint density at radius 1 is 0.789 bits per heavy atom. The lowest BCUT2D eigenvalue weighted by atomic mass is 9.98. The number of hydrogen-bond donors (Lipinski definition) is 5. The van der Waals surface area contributed by atoms with Crippen molar-refractivity contribution in [3.63, 3.8) is 0 Å². The van der Waals surface area contributed by atoms with Crippen LogP contribution in [0.25, 0.3) is 22.0 Å². The molecule has 302 valence electrons. The van der Waals surface area contributed by atoms with Crippen molar-refractivity contribution >= 4 is 59.6 Å². The third-order valence-corrected chi connectivity index (χ3v) is 10.2. The van der Waals surface area contributed by atoms with E-state index in [0.717, 1.165) is 53.3 Å². The summed E-state index contributed by atoms with van der Waals surface area (Å²) < 4.78 is 4.73. The van der Waals surface area contributed by atoms with E-state index >= 15 is 0 Å². The van der Waals surface area contributed by atoms with Gasteiger partial charge in [0.05, 0.1) is 37.3 Å². The normalized spacial score (nSPS) is 17.0. The number of ether oxygens (including phenoxy) is 1. The average Bonchev–Trinajstić information content (AvgIpc) is 4.00. The van der Waals surface area contributed by atoms with Crippen LogP contribution in [-0.2, 0) is 14.3 Å². The number of carbonyl (C=O) groups is 4. The summed E-state index contributed by atoms with van der Waals surface area (Å²) in [6, 6.07) is 9.79. The van der Waals surface area contributed by atoms with E-state index in [1.807, 2.05) is 64.1 Å². The quantitative estimate of drug-likeness (QED) is 0.124. The maximum Gasteiger partial charge on any atom is 0.407 e. The first-order valence-electron chi connectivity index (χ1n) is 18.6. The molecule has 0 bridgehead atoms. The summed E-state index contributed by atoms with van der Waals surface area (Å²) in [4.78, 5) is 69.6. The number of likely N-dealkylation sites (tertiary alicyclic amines) is 2. The molecule has 2 aromatic heterocycles. The minimum absolute atomic E-state index is 0. The summed E-state index contributed by atoms with van der Waals surface area (Å²) in [6.07, 6.45) is 4.60. The average molecular weight is 820 g/mol. The van der Waals surface area contributed by atoms with Gasteiger partial charge in [0, 0.05) is 24.2 Å². The molecule has 4 heterocycles. The van der Waals surface area contributed by atoms with Crippen LogP contribution < -0.4 is 10.6 Å². The predicted octanol–water partition coefficient (Wildman–Crippen LogP) is 6.20. The number of carboxylic acid groups (broad SMARTS) is 1. The third kappa shape index (κ3) is 9.82. The standard InChI is InChI=1S/C41H46N8O6.2ClH/c1-24(2)34(46-40(52)53)38(50)49-21-11-17-33(49)37-43-23-31(45-37)30-19-18-26(28-14-8-9-15-29(28)30)12-6-7-13-27-22-42-36(44-27)32-16-10-20-48(32)39(51)35(25(3)4)47-41(54)55-5;;/h8-9,14-15,18-19,22-25,32-35,46H,10-11,16-17,20-21H2,1-5H3,(H,42,44)(H,43,45)(H,47,54)(H,52,53);2*1H/t32?,33?,34-,35?;;/m0../s1. The highest BCUT2D eigenvalue weighted by atomic mass is 35.5. The van der Waals surface area contributed by atoms with Crippen LogP contribution in [0.5, 0.6) is 0 Å². The van der Waals surface area contributed by atoms with Crippen molar-refractivity contribution in [3.05, 3.63) is 71.7 Å². The molecule has 16 heteroatoms. The zero-order chi connectivity index (χ0) is 39.2. The molecule has 0 aliphatic carbocycles. The van der Waals surface area contributed by atoms with Gasteiger partial charge in [-0.3, -0.25) is 9.59 Å². The van der Waals surface area contributed by atoms with E-state index in [9.17, 15) is 24.3 Å². The Kier molecular flexibility index (Phi) is 15.0. The molecular weight excluding hydrogens is 771 g/mol. The molecule has 57 heavy (non-hydrogen) atoms. The molecule has 2 saturated heterocycles. The fourth-order valence-corrected chi connectivity index (χ4v) is 7.39. The first-order chi connectivity index (χ1) is 26.5. The highest BCUT2D eigenvalue weighted by Crippen LogP contribution is 2.35. The van der Waals surface area contributed by atoms with E-state index in [1.54, 1.807) is 22.2 Å². The van der Waals surface area contributed by atoms with Gasteiger partial charge in [-0.15, -0.1) is 24.8 Å². The van der Waals surface area contributed by atoms with Crippen LogP contribution in [0.15, 0.2) is 48.8 Å². The number of rotatable bonds is 9.